The number of nitrogens with zero attached hydrogens (tertiary/aromatic N) is 1. The van der Waals surface area contributed by atoms with E-state index < -0.39 is 5.60 Å². The molecule has 1 amide bonds. The van der Waals surface area contributed by atoms with Gasteiger partial charge in [0.1, 0.15) is 5.60 Å². The highest BCUT2D eigenvalue weighted by molar-refractivity contribution is 5.68. The lowest BCUT2D eigenvalue weighted by molar-refractivity contribution is 0.00871. The number of rotatable bonds is 2. The average molecular weight is 296 g/mol. The van der Waals surface area contributed by atoms with Crippen LogP contribution in [0.5, 0.6) is 0 Å². The van der Waals surface area contributed by atoms with Gasteiger partial charge in [0.25, 0.3) is 0 Å². The van der Waals surface area contributed by atoms with Gasteiger partial charge in [-0.05, 0) is 77.3 Å². The molecule has 0 aromatic heterocycles. The molecule has 2 heterocycles. The maximum Gasteiger partial charge on any atom is 0.410 e. The predicted octanol–water partition coefficient (Wildman–Crippen LogP) is 3.41. The van der Waals surface area contributed by atoms with Crippen LogP contribution in [0.15, 0.2) is 0 Å². The number of hydrogen-bond donors (Lipinski definition) is 1. The fraction of sp³-hybridized carbons (Fsp3) is 0.941. The van der Waals surface area contributed by atoms with Gasteiger partial charge in [-0.15, -0.1) is 0 Å². The van der Waals surface area contributed by atoms with Crippen molar-refractivity contribution in [2.45, 2.75) is 65.4 Å². The molecule has 122 valence electrons. The SMILES string of the molecule is CC1(CC2CCNCC2)CCN(C(=O)OC(C)(C)C)CC1. The lowest BCUT2D eigenvalue weighted by atomic mass is 9.72. The number of carbonyl (C=O) groups excluding carboxylic acids is 1. The Hall–Kier alpha value is -0.770. The first kappa shape index (κ1) is 16.6. The van der Waals surface area contributed by atoms with Gasteiger partial charge < -0.3 is 15.0 Å². The average Bonchev–Trinajstić information content (AvgIpc) is 2.38. The number of likely N-dealkylation sites (tertiary alicyclic amines) is 1. The normalized spacial score (nSPS) is 23.9. The zero-order chi connectivity index (χ0) is 15.5. The molecule has 0 bridgehead atoms. The molecular formula is C17H32N2O2. The van der Waals surface area contributed by atoms with E-state index in [0.29, 0.717) is 5.41 Å². The molecular weight excluding hydrogens is 264 g/mol. The molecule has 4 nitrogen and oxygen atoms in total. The second-order valence-corrected chi connectivity index (χ2v) is 8.18. The molecule has 0 radical (unpaired) electrons. The lowest BCUT2D eigenvalue weighted by Crippen LogP contribution is -2.45. The highest BCUT2D eigenvalue weighted by atomic mass is 16.6. The van der Waals surface area contributed by atoms with Crippen molar-refractivity contribution in [3.8, 4) is 0 Å². The molecule has 2 saturated heterocycles. The van der Waals surface area contributed by atoms with Crippen LogP contribution in [-0.4, -0.2) is 42.8 Å². The van der Waals surface area contributed by atoms with Crippen molar-refractivity contribution in [1.82, 2.24) is 10.2 Å². The molecule has 0 saturated carbocycles. The number of ether oxygens (including phenoxy) is 1. The molecule has 0 aromatic rings. The molecule has 2 rings (SSSR count). The van der Waals surface area contributed by atoms with Crippen molar-refractivity contribution >= 4 is 6.09 Å². The second kappa shape index (κ2) is 6.55. The van der Waals surface area contributed by atoms with Gasteiger partial charge in [0, 0.05) is 13.1 Å². The molecule has 0 atom stereocenters. The molecule has 1 N–H and O–H groups in total. The summed E-state index contributed by atoms with van der Waals surface area (Å²) in [6, 6.07) is 0. The van der Waals surface area contributed by atoms with Crippen molar-refractivity contribution in [3.05, 3.63) is 0 Å². The highest BCUT2D eigenvalue weighted by Crippen LogP contribution is 2.39. The zero-order valence-corrected chi connectivity index (χ0v) is 14.2. The van der Waals surface area contributed by atoms with Crippen molar-refractivity contribution in [3.63, 3.8) is 0 Å². The number of carbonyl (C=O) groups is 1. The number of hydrogen-bond acceptors (Lipinski definition) is 3. The standard InChI is InChI=1S/C17H32N2O2/c1-16(2,3)21-15(20)19-11-7-17(4,8-12-19)13-14-5-9-18-10-6-14/h14,18H,5-13H2,1-4H3. The van der Waals surface area contributed by atoms with Gasteiger partial charge in [0.2, 0.25) is 0 Å². The summed E-state index contributed by atoms with van der Waals surface area (Å²) in [5.41, 5.74) is 0.00739. The van der Waals surface area contributed by atoms with Gasteiger partial charge in [0.15, 0.2) is 0 Å². The number of nitrogens with one attached hydrogen (secondary N) is 1. The van der Waals surface area contributed by atoms with Crippen molar-refractivity contribution in [1.29, 1.82) is 0 Å². The Morgan fingerprint density at radius 1 is 1.24 bits per heavy atom. The summed E-state index contributed by atoms with van der Waals surface area (Å²) in [6.07, 6.45) is 6.01. The molecule has 0 unspecified atom stereocenters. The monoisotopic (exact) mass is 296 g/mol. The van der Waals surface area contributed by atoms with Gasteiger partial charge in [0.05, 0.1) is 0 Å². The Bertz CT molecular complexity index is 348. The van der Waals surface area contributed by atoms with E-state index in [4.69, 9.17) is 4.74 Å². The Labute approximate surface area is 129 Å². The van der Waals surface area contributed by atoms with E-state index in [1.165, 1.54) is 32.4 Å². The third-order valence-corrected chi connectivity index (χ3v) is 4.86. The van der Waals surface area contributed by atoms with E-state index in [1.807, 2.05) is 25.7 Å². The Morgan fingerprint density at radius 2 is 1.81 bits per heavy atom. The van der Waals surface area contributed by atoms with E-state index in [1.54, 1.807) is 0 Å². The molecule has 2 aliphatic rings. The smallest absolute Gasteiger partial charge is 0.410 e. The largest absolute Gasteiger partial charge is 0.444 e. The van der Waals surface area contributed by atoms with E-state index in [2.05, 4.69) is 12.2 Å². The highest BCUT2D eigenvalue weighted by Gasteiger charge is 2.35. The van der Waals surface area contributed by atoms with Crippen molar-refractivity contribution < 1.29 is 9.53 Å². The van der Waals surface area contributed by atoms with Crippen LogP contribution in [0.2, 0.25) is 0 Å². The van der Waals surface area contributed by atoms with Crippen LogP contribution >= 0.6 is 0 Å². The maximum atomic E-state index is 12.1. The van der Waals surface area contributed by atoms with Gasteiger partial charge in [-0.1, -0.05) is 6.92 Å². The van der Waals surface area contributed by atoms with E-state index in [0.717, 1.165) is 31.8 Å². The van der Waals surface area contributed by atoms with Gasteiger partial charge >= 0.3 is 6.09 Å². The second-order valence-electron chi connectivity index (χ2n) is 8.18. The fourth-order valence-corrected chi connectivity index (χ4v) is 3.54. The van der Waals surface area contributed by atoms with Crippen LogP contribution in [0.25, 0.3) is 0 Å². The van der Waals surface area contributed by atoms with Crippen LogP contribution < -0.4 is 5.32 Å². The van der Waals surface area contributed by atoms with Crippen LogP contribution in [0.4, 0.5) is 4.79 Å². The summed E-state index contributed by atoms with van der Waals surface area (Å²) in [5.74, 6) is 0.865. The predicted molar refractivity (Wildman–Crippen MR) is 85.4 cm³/mol. The molecule has 0 spiro atoms. The third kappa shape index (κ3) is 5.17. The minimum Gasteiger partial charge on any atom is -0.444 e. The topological polar surface area (TPSA) is 41.6 Å². The van der Waals surface area contributed by atoms with Gasteiger partial charge in [-0.3, -0.25) is 0 Å². The van der Waals surface area contributed by atoms with Crippen LogP contribution in [-0.2, 0) is 4.74 Å². The summed E-state index contributed by atoms with van der Waals surface area (Å²) in [7, 11) is 0. The molecule has 21 heavy (non-hydrogen) atoms. The zero-order valence-electron chi connectivity index (χ0n) is 14.2. The molecule has 2 fully saturated rings. The van der Waals surface area contributed by atoms with Crippen LogP contribution in [0.1, 0.15) is 59.8 Å². The van der Waals surface area contributed by atoms with Gasteiger partial charge in [-0.2, -0.15) is 0 Å². The Morgan fingerprint density at radius 3 is 2.33 bits per heavy atom. The summed E-state index contributed by atoms with van der Waals surface area (Å²) in [6.45, 7) is 12.2. The number of piperidine rings is 2. The van der Waals surface area contributed by atoms with E-state index in [9.17, 15) is 4.79 Å². The van der Waals surface area contributed by atoms with E-state index >= 15 is 0 Å². The minimum atomic E-state index is -0.396. The van der Waals surface area contributed by atoms with E-state index in [-0.39, 0.29) is 6.09 Å². The van der Waals surface area contributed by atoms with Gasteiger partial charge in [-0.25, -0.2) is 4.79 Å². The quantitative estimate of drug-likeness (QED) is 0.849. The number of amides is 1. The molecule has 2 aliphatic heterocycles. The van der Waals surface area contributed by atoms with Crippen LogP contribution in [0, 0.1) is 11.3 Å². The first-order valence-electron chi connectivity index (χ1n) is 8.46. The third-order valence-electron chi connectivity index (χ3n) is 4.86. The Balaban J connectivity index is 1.80. The summed E-state index contributed by atoms with van der Waals surface area (Å²) < 4.78 is 5.47. The Kier molecular flexibility index (Phi) is 5.18. The van der Waals surface area contributed by atoms with Crippen molar-refractivity contribution in [2.24, 2.45) is 11.3 Å². The first-order valence-corrected chi connectivity index (χ1v) is 8.46. The first-order chi connectivity index (χ1) is 9.77. The summed E-state index contributed by atoms with van der Waals surface area (Å²) >= 11 is 0. The summed E-state index contributed by atoms with van der Waals surface area (Å²) in [4.78, 5) is 14.0. The lowest BCUT2D eigenvalue weighted by Gasteiger charge is -2.42. The molecule has 0 aromatic carbocycles. The van der Waals surface area contributed by atoms with Crippen LogP contribution in [0.3, 0.4) is 0 Å². The maximum absolute atomic E-state index is 12.1. The molecule has 0 aliphatic carbocycles. The fourth-order valence-electron chi connectivity index (χ4n) is 3.54. The minimum absolute atomic E-state index is 0.147. The molecule has 4 heteroatoms. The summed E-state index contributed by atoms with van der Waals surface area (Å²) in [5, 5.41) is 3.44. The van der Waals surface area contributed by atoms with Crippen molar-refractivity contribution in [2.75, 3.05) is 26.2 Å².